The zero-order chi connectivity index (χ0) is 11.2. The maximum absolute atomic E-state index is 2.30. The molecule has 0 atom stereocenters. The molecule has 0 saturated heterocycles. The van der Waals surface area contributed by atoms with Gasteiger partial charge in [-0.25, -0.2) is 0 Å². The Labute approximate surface area is 107 Å². The molecule has 0 aliphatic heterocycles. The van der Waals surface area contributed by atoms with Gasteiger partial charge in [0.25, 0.3) is 0 Å². The summed E-state index contributed by atoms with van der Waals surface area (Å²) in [7, 11) is 0. The van der Waals surface area contributed by atoms with Crippen LogP contribution in [0.4, 0.5) is 0 Å². The quantitative estimate of drug-likeness (QED) is 0.304. The Morgan fingerprint density at radius 1 is 0.533 bits per heavy atom. The van der Waals surface area contributed by atoms with E-state index in [1.165, 1.54) is 51.4 Å². The molecule has 0 N–H and O–H groups in total. The molecule has 0 aromatic heterocycles. The summed E-state index contributed by atoms with van der Waals surface area (Å²) in [5, 5.41) is 0. The molecule has 0 unspecified atom stereocenters. The van der Waals surface area contributed by atoms with E-state index in [2.05, 4.69) is 13.8 Å². The Bertz CT molecular complexity index is 89.5. The Balaban J connectivity index is 2.81. The molecule has 0 saturated carbocycles. The van der Waals surface area contributed by atoms with E-state index in [4.69, 9.17) is 0 Å². The molecule has 1 heteroatoms. The molecule has 15 heavy (non-hydrogen) atoms. The fraction of sp³-hybridized carbons (Fsp3) is 1.00. The van der Waals surface area contributed by atoms with Crippen LogP contribution in [0.15, 0.2) is 0 Å². The highest BCUT2D eigenvalue weighted by atomic mass is 24.5. The van der Waals surface area contributed by atoms with Crippen LogP contribution >= 0.6 is 0 Å². The first kappa shape index (κ1) is 15.8. The van der Waals surface area contributed by atoms with E-state index >= 15 is 0 Å². The van der Waals surface area contributed by atoms with Gasteiger partial charge in [0, 0.05) is 0 Å². The highest BCUT2D eigenvalue weighted by Crippen LogP contribution is 2.08. The Morgan fingerprint density at radius 3 is 1.33 bits per heavy atom. The maximum atomic E-state index is 2.30. The molecule has 0 bridgehead atoms. The number of rotatable bonds is 12. The number of hydrogen-bond donors (Lipinski definition) is 0. The molecule has 88 valence electrons. The number of hydrogen-bond acceptors (Lipinski definition) is 0. The predicted octanol–water partition coefficient (Wildman–Crippen LogP) is 5.47. The SMILES string of the molecule is CCCCCC[CH2][Mg][CH2]CCCCCC. The molecule has 0 rings (SSSR count). The monoisotopic (exact) mass is 222 g/mol. The first-order valence-corrected chi connectivity index (χ1v) is 9.41. The number of unbranched alkanes of at least 4 members (excludes halogenated alkanes) is 8. The van der Waals surface area contributed by atoms with Gasteiger partial charge in [-0.15, -0.1) is 9.10 Å². The summed E-state index contributed by atoms with van der Waals surface area (Å²) in [4.78, 5) is 0. The lowest BCUT2D eigenvalue weighted by atomic mass is 10.2. The molecule has 0 nitrogen and oxygen atoms in total. The summed E-state index contributed by atoms with van der Waals surface area (Å²) in [6.07, 6.45) is 14.8. The normalized spacial score (nSPS) is 10.3. The maximum Gasteiger partial charge on any atom is 0.364 e. The first-order valence-electron chi connectivity index (χ1n) is 7.41. The van der Waals surface area contributed by atoms with Crippen molar-refractivity contribution in [2.75, 3.05) is 0 Å². The Kier molecular flexibility index (Phi) is 15.5. The minimum absolute atomic E-state index is 0.343. The van der Waals surface area contributed by atoms with Gasteiger partial charge in [0.15, 0.2) is 0 Å². The van der Waals surface area contributed by atoms with Crippen molar-refractivity contribution < 1.29 is 0 Å². The van der Waals surface area contributed by atoms with E-state index < -0.39 is 0 Å². The van der Waals surface area contributed by atoms with Crippen LogP contribution in [0.1, 0.15) is 78.1 Å². The highest BCUT2D eigenvalue weighted by Gasteiger charge is 1.96. The zero-order valence-electron chi connectivity index (χ0n) is 11.2. The third-order valence-corrected chi connectivity index (χ3v) is 5.21. The van der Waals surface area contributed by atoms with Gasteiger partial charge in [0.2, 0.25) is 0 Å². The van der Waals surface area contributed by atoms with E-state index in [0.717, 1.165) is 0 Å². The van der Waals surface area contributed by atoms with Crippen LogP contribution in [0.3, 0.4) is 0 Å². The third-order valence-electron chi connectivity index (χ3n) is 3.21. The van der Waals surface area contributed by atoms with Gasteiger partial charge in [-0.05, 0) is 0 Å². The van der Waals surface area contributed by atoms with Crippen LogP contribution in [-0.2, 0) is 0 Å². The van der Waals surface area contributed by atoms with Crippen LogP contribution < -0.4 is 0 Å². The van der Waals surface area contributed by atoms with Crippen LogP contribution in [0.25, 0.3) is 0 Å². The van der Waals surface area contributed by atoms with Crippen LogP contribution in [0.5, 0.6) is 0 Å². The average Bonchev–Trinajstić information content (AvgIpc) is 2.26. The summed E-state index contributed by atoms with van der Waals surface area (Å²) in [5.74, 6) is 0. The van der Waals surface area contributed by atoms with Gasteiger partial charge < -0.3 is 0 Å². The van der Waals surface area contributed by atoms with E-state index in [0.29, 0.717) is 20.4 Å². The second kappa shape index (κ2) is 14.8. The summed E-state index contributed by atoms with van der Waals surface area (Å²) in [6.45, 7) is 4.59. The molecular weight excluding hydrogens is 192 g/mol. The van der Waals surface area contributed by atoms with Crippen molar-refractivity contribution in [1.29, 1.82) is 0 Å². The van der Waals surface area contributed by atoms with Crippen molar-refractivity contribution in [3.63, 3.8) is 0 Å². The fourth-order valence-corrected chi connectivity index (χ4v) is 3.86. The van der Waals surface area contributed by atoms with E-state index in [-0.39, 0.29) is 0 Å². The van der Waals surface area contributed by atoms with Gasteiger partial charge in [0.05, 0.1) is 0 Å². The highest BCUT2D eigenvalue weighted by molar-refractivity contribution is 6.35. The molecule has 0 spiro atoms. The van der Waals surface area contributed by atoms with Crippen molar-refractivity contribution in [2.24, 2.45) is 0 Å². The van der Waals surface area contributed by atoms with E-state index in [1.54, 1.807) is 21.9 Å². The van der Waals surface area contributed by atoms with Gasteiger partial charge in [-0.2, -0.15) is 0 Å². The lowest BCUT2D eigenvalue weighted by Gasteiger charge is -2.00. The van der Waals surface area contributed by atoms with Crippen molar-refractivity contribution in [1.82, 2.24) is 0 Å². The molecule has 0 heterocycles. The van der Waals surface area contributed by atoms with Crippen molar-refractivity contribution in [2.45, 2.75) is 87.2 Å². The zero-order valence-corrected chi connectivity index (χ0v) is 12.6. The second-order valence-electron chi connectivity index (χ2n) is 4.89. The van der Waals surface area contributed by atoms with Gasteiger partial charge in [-0.1, -0.05) is 78.1 Å². The molecule has 0 fully saturated rings. The lowest BCUT2D eigenvalue weighted by Crippen LogP contribution is -1.90. The fourth-order valence-electron chi connectivity index (χ4n) is 2.09. The van der Waals surface area contributed by atoms with Crippen molar-refractivity contribution in [3.05, 3.63) is 0 Å². The lowest BCUT2D eigenvalue weighted by molar-refractivity contribution is 0.647. The van der Waals surface area contributed by atoms with Gasteiger partial charge >= 0.3 is 20.4 Å². The molecule has 0 aromatic carbocycles. The predicted molar refractivity (Wildman–Crippen MR) is 72.9 cm³/mol. The standard InChI is InChI=1S/2C7H15.Mg/c2*1-3-5-7-6-4-2;/h2*1,3-7H2,2H3;. The van der Waals surface area contributed by atoms with Crippen molar-refractivity contribution in [3.8, 4) is 0 Å². The molecule has 0 aliphatic carbocycles. The molecule has 0 amide bonds. The second-order valence-corrected chi connectivity index (χ2v) is 7.01. The van der Waals surface area contributed by atoms with E-state index in [9.17, 15) is 0 Å². The van der Waals surface area contributed by atoms with E-state index in [1.807, 2.05) is 0 Å². The molecule has 0 aromatic rings. The van der Waals surface area contributed by atoms with Crippen LogP contribution in [-0.4, -0.2) is 20.4 Å². The smallest absolute Gasteiger partial charge is 0.146 e. The largest absolute Gasteiger partial charge is 0.364 e. The Hall–Kier alpha value is 0.766. The Morgan fingerprint density at radius 2 is 0.933 bits per heavy atom. The minimum Gasteiger partial charge on any atom is -0.146 e. The molecule has 0 aliphatic rings. The minimum atomic E-state index is 0.343. The summed E-state index contributed by atoms with van der Waals surface area (Å²) >= 11 is 0.343. The van der Waals surface area contributed by atoms with Crippen LogP contribution in [0.2, 0.25) is 9.10 Å². The molecule has 0 radical (unpaired) electrons. The van der Waals surface area contributed by atoms with Crippen LogP contribution in [0, 0.1) is 0 Å². The summed E-state index contributed by atoms with van der Waals surface area (Å²) < 4.78 is 3.25. The van der Waals surface area contributed by atoms with Gasteiger partial charge in [-0.3, -0.25) is 0 Å². The average molecular weight is 223 g/mol. The summed E-state index contributed by atoms with van der Waals surface area (Å²) in [5.41, 5.74) is 0. The first-order chi connectivity index (χ1) is 7.41. The van der Waals surface area contributed by atoms with Gasteiger partial charge in [0.1, 0.15) is 0 Å². The summed E-state index contributed by atoms with van der Waals surface area (Å²) in [6, 6.07) is 0. The topological polar surface area (TPSA) is 0 Å². The third kappa shape index (κ3) is 14.8. The molecular formula is C14H30Mg. The van der Waals surface area contributed by atoms with Crippen molar-refractivity contribution >= 4 is 20.4 Å².